The largest absolute Gasteiger partial charge is 0.476 e. The van der Waals surface area contributed by atoms with Crippen molar-refractivity contribution in [1.29, 1.82) is 0 Å². The summed E-state index contributed by atoms with van der Waals surface area (Å²) in [6, 6.07) is 11.1. The lowest BCUT2D eigenvalue weighted by molar-refractivity contribution is 0.0690. The molecule has 2 aromatic rings. The highest BCUT2D eigenvalue weighted by Gasteiger charge is 2.26. The number of hydrogen-bond acceptors (Lipinski definition) is 4. The number of rotatable bonds is 4. The Kier molecular flexibility index (Phi) is 4.79. The van der Waals surface area contributed by atoms with Gasteiger partial charge in [0.15, 0.2) is 5.69 Å². The Hall–Kier alpha value is -2.83. The fourth-order valence-electron chi connectivity index (χ4n) is 2.84. The summed E-state index contributed by atoms with van der Waals surface area (Å²) in [5.74, 6) is -0.858. The summed E-state index contributed by atoms with van der Waals surface area (Å²) in [6.07, 6.45) is 1.19. The second-order valence-corrected chi connectivity index (χ2v) is 5.82. The van der Waals surface area contributed by atoms with Crippen LogP contribution >= 0.6 is 0 Å². The zero-order chi connectivity index (χ0) is 16.9. The van der Waals surface area contributed by atoms with E-state index in [0.717, 1.165) is 24.1 Å². The predicted octanol–water partition coefficient (Wildman–Crippen LogP) is 2.62. The number of nitrogens with zero attached hydrogens (tertiary/aromatic N) is 2. The van der Waals surface area contributed by atoms with Gasteiger partial charge in [-0.2, -0.15) is 5.10 Å². The Balaban J connectivity index is 1.49. The fourth-order valence-corrected chi connectivity index (χ4v) is 2.84. The maximum atomic E-state index is 12.1. The van der Waals surface area contributed by atoms with Gasteiger partial charge >= 0.3 is 12.1 Å². The molecule has 0 aliphatic carbocycles. The van der Waals surface area contributed by atoms with Crippen molar-refractivity contribution < 1.29 is 19.4 Å². The normalized spacial score (nSPS) is 15.2. The van der Waals surface area contributed by atoms with Crippen LogP contribution in [0.3, 0.4) is 0 Å². The van der Waals surface area contributed by atoms with Crippen LogP contribution in [0.1, 0.15) is 40.5 Å². The Bertz CT molecular complexity index is 706. The molecule has 1 saturated heterocycles. The van der Waals surface area contributed by atoms with Crippen LogP contribution in [-0.4, -0.2) is 45.4 Å². The number of H-pyrrole nitrogens is 1. The van der Waals surface area contributed by atoms with Gasteiger partial charge in [-0.1, -0.05) is 30.3 Å². The number of aromatic carboxylic acids is 1. The van der Waals surface area contributed by atoms with Crippen LogP contribution in [-0.2, 0) is 11.3 Å². The summed E-state index contributed by atoms with van der Waals surface area (Å²) in [6.45, 7) is 1.43. The number of piperidine rings is 1. The van der Waals surface area contributed by atoms with Gasteiger partial charge in [-0.3, -0.25) is 5.10 Å². The molecule has 1 aromatic heterocycles. The fraction of sp³-hybridized carbons (Fsp3) is 0.353. The number of carboxylic acids is 1. The van der Waals surface area contributed by atoms with E-state index in [1.165, 1.54) is 0 Å². The summed E-state index contributed by atoms with van der Waals surface area (Å²) >= 11 is 0. The van der Waals surface area contributed by atoms with Crippen LogP contribution in [0.5, 0.6) is 0 Å². The number of likely N-dealkylation sites (tertiary alicyclic amines) is 1. The number of amides is 1. The maximum absolute atomic E-state index is 12.1. The third-order valence-corrected chi connectivity index (χ3v) is 4.21. The smallest absolute Gasteiger partial charge is 0.410 e. The van der Waals surface area contributed by atoms with E-state index < -0.39 is 5.97 Å². The molecule has 0 atom stereocenters. The second kappa shape index (κ2) is 7.16. The molecule has 24 heavy (non-hydrogen) atoms. The number of carbonyl (C=O) groups excluding carboxylic acids is 1. The first kappa shape index (κ1) is 16.0. The quantitative estimate of drug-likeness (QED) is 0.899. The average Bonchev–Trinajstić information content (AvgIpc) is 3.11. The summed E-state index contributed by atoms with van der Waals surface area (Å²) in [5.41, 5.74) is 1.79. The van der Waals surface area contributed by atoms with Gasteiger partial charge < -0.3 is 14.7 Å². The zero-order valence-corrected chi connectivity index (χ0v) is 13.1. The van der Waals surface area contributed by atoms with E-state index in [1.54, 1.807) is 11.0 Å². The molecule has 1 fully saturated rings. The molecule has 0 bridgehead atoms. The topological polar surface area (TPSA) is 95.5 Å². The highest BCUT2D eigenvalue weighted by Crippen LogP contribution is 2.27. The first-order valence-electron chi connectivity index (χ1n) is 7.87. The lowest BCUT2D eigenvalue weighted by atomic mass is 9.93. The monoisotopic (exact) mass is 329 g/mol. The van der Waals surface area contributed by atoms with Crippen molar-refractivity contribution in [2.45, 2.75) is 25.4 Å². The number of aromatic amines is 1. The Morgan fingerprint density at radius 3 is 2.58 bits per heavy atom. The van der Waals surface area contributed by atoms with Crippen molar-refractivity contribution in [3.8, 4) is 0 Å². The molecule has 0 saturated carbocycles. The molecule has 0 spiro atoms. The predicted molar refractivity (Wildman–Crippen MR) is 85.7 cm³/mol. The first-order chi connectivity index (χ1) is 11.6. The Morgan fingerprint density at radius 2 is 1.96 bits per heavy atom. The minimum Gasteiger partial charge on any atom is -0.476 e. The second-order valence-electron chi connectivity index (χ2n) is 5.82. The molecule has 0 radical (unpaired) electrons. The SMILES string of the molecule is O=C(O)c1cc(C2CCN(C(=O)OCc3ccccc3)CC2)[nH]n1. The van der Waals surface area contributed by atoms with Gasteiger partial charge in [0.25, 0.3) is 0 Å². The van der Waals surface area contributed by atoms with Crippen LogP contribution in [0.25, 0.3) is 0 Å². The van der Waals surface area contributed by atoms with Crippen LogP contribution in [0.15, 0.2) is 36.4 Å². The molecule has 126 valence electrons. The van der Waals surface area contributed by atoms with Crippen LogP contribution in [0.4, 0.5) is 4.79 Å². The lowest BCUT2D eigenvalue weighted by Crippen LogP contribution is -2.38. The van der Waals surface area contributed by atoms with Crippen molar-refractivity contribution >= 4 is 12.1 Å². The molecule has 0 unspecified atom stereocenters. The first-order valence-corrected chi connectivity index (χ1v) is 7.87. The number of ether oxygens (including phenoxy) is 1. The molecule has 7 nitrogen and oxygen atoms in total. The van der Waals surface area contributed by atoms with Crippen molar-refractivity contribution in [2.75, 3.05) is 13.1 Å². The van der Waals surface area contributed by atoms with Crippen molar-refractivity contribution in [3.63, 3.8) is 0 Å². The average molecular weight is 329 g/mol. The third kappa shape index (κ3) is 3.73. The number of hydrogen-bond donors (Lipinski definition) is 2. The molecule has 2 N–H and O–H groups in total. The molecule has 3 rings (SSSR count). The van der Waals surface area contributed by atoms with Crippen molar-refractivity contribution in [2.24, 2.45) is 0 Å². The maximum Gasteiger partial charge on any atom is 0.410 e. The van der Waals surface area contributed by atoms with Gasteiger partial charge in [-0.05, 0) is 24.5 Å². The molecule has 1 amide bonds. The molecule has 1 aromatic carbocycles. The lowest BCUT2D eigenvalue weighted by Gasteiger charge is -2.30. The van der Waals surface area contributed by atoms with E-state index in [1.807, 2.05) is 30.3 Å². The number of carbonyl (C=O) groups is 2. The van der Waals surface area contributed by atoms with Gasteiger partial charge in [-0.15, -0.1) is 0 Å². The van der Waals surface area contributed by atoms with E-state index >= 15 is 0 Å². The molecule has 1 aliphatic rings. The van der Waals surface area contributed by atoms with E-state index in [4.69, 9.17) is 9.84 Å². The molecular weight excluding hydrogens is 310 g/mol. The van der Waals surface area contributed by atoms with Crippen molar-refractivity contribution in [3.05, 3.63) is 53.3 Å². The van der Waals surface area contributed by atoms with E-state index in [9.17, 15) is 9.59 Å². The zero-order valence-electron chi connectivity index (χ0n) is 13.1. The highest BCUT2D eigenvalue weighted by molar-refractivity contribution is 5.85. The molecule has 1 aliphatic heterocycles. The summed E-state index contributed by atoms with van der Waals surface area (Å²) in [7, 11) is 0. The van der Waals surface area contributed by atoms with E-state index in [0.29, 0.717) is 13.1 Å². The number of aromatic nitrogens is 2. The summed E-state index contributed by atoms with van der Waals surface area (Å²) in [4.78, 5) is 24.7. The van der Waals surface area contributed by atoms with Crippen LogP contribution < -0.4 is 0 Å². The standard InChI is InChI=1S/C17H19N3O4/c21-16(22)15-10-14(18-19-15)13-6-8-20(9-7-13)17(23)24-11-12-4-2-1-3-5-12/h1-5,10,13H,6-9,11H2,(H,18,19)(H,21,22). The van der Waals surface area contributed by atoms with Gasteiger partial charge in [0.05, 0.1) is 0 Å². The van der Waals surface area contributed by atoms with E-state index in [2.05, 4.69) is 10.2 Å². The van der Waals surface area contributed by atoms with Crippen molar-refractivity contribution in [1.82, 2.24) is 15.1 Å². The van der Waals surface area contributed by atoms with Gasteiger partial charge in [-0.25, -0.2) is 9.59 Å². The Labute approximate surface area is 139 Å². The highest BCUT2D eigenvalue weighted by atomic mass is 16.6. The molecule has 7 heteroatoms. The van der Waals surface area contributed by atoms with Crippen LogP contribution in [0, 0.1) is 0 Å². The minimum absolute atomic E-state index is 0.0229. The van der Waals surface area contributed by atoms with E-state index in [-0.39, 0.29) is 24.3 Å². The van der Waals surface area contributed by atoms with Crippen LogP contribution in [0.2, 0.25) is 0 Å². The molecule has 2 heterocycles. The molecular formula is C17H19N3O4. The minimum atomic E-state index is -1.04. The summed E-state index contributed by atoms with van der Waals surface area (Å²) < 4.78 is 5.33. The van der Waals surface area contributed by atoms with Gasteiger partial charge in [0.2, 0.25) is 0 Å². The summed E-state index contributed by atoms with van der Waals surface area (Å²) in [5, 5.41) is 15.5. The Morgan fingerprint density at radius 1 is 1.25 bits per heavy atom. The van der Waals surface area contributed by atoms with Gasteiger partial charge in [0.1, 0.15) is 6.61 Å². The number of nitrogens with one attached hydrogen (secondary N) is 1. The third-order valence-electron chi connectivity index (χ3n) is 4.21. The number of benzene rings is 1. The van der Waals surface area contributed by atoms with Gasteiger partial charge in [0, 0.05) is 24.7 Å². The number of carboxylic acid groups (broad SMARTS) is 1.